The summed E-state index contributed by atoms with van der Waals surface area (Å²) in [5.74, 6) is -0.842. The Morgan fingerprint density at radius 2 is 2.26 bits per heavy atom. The largest absolute Gasteiger partial charge is 0.502 e. The van der Waals surface area contributed by atoms with Gasteiger partial charge < -0.3 is 9.84 Å². The van der Waals surface area contributed by atoms with Crippen molar-refractivity contribution in [3.63, 3.8) is 0 Å². The predicted molar refractivity (Wildman–Crippen MR) is 65.6 cm³/mol. The van der Waals surface area contributed by atoms with Gasteiger partial charge in [-0.15, -0.1) is 0 Å². The van der Waals surface area contributed by atoms with E-state index in [1.807, 2.05) is 0 Å². The number of phenols is 1. The van der Waals surface area contributed by atoms with Gasteiger partial charge in [-0.3, -0.25) is 4.57 Å². The number of hydrogen-bond acceptors (Lipinski definition) is 4. The molecule has 0 saturated heterocycles. The second-order valence-corrected chi connectivity index (χ2v) is 4.03. The maximum absolute atomic E-state index is 13.7. The van der Waals surface area contributed by atoms with E-state index in [-0.39, 0.29) is 18.0 Å². The minimum absolute atomic E-state index is 0.0187. The molecule has 0 unspecified atom stereocenters. The molecule has 7 heteroatoms. The number of H-pyrrole nitrogens is 1. The van der Waals surface area contributed by atoms with Crippen LogP contribution in [0.15, 0.2) is 16.9 Å². The average Bonchev–Trinajstić information content (AvgIpc) is 2.72. The van der Waals surface area contributed by atoms with E-state index in [9.17, 15) is 14.3 Å². The number of halogens is 1. The van der Waals surface area contributed by atoms with Gasteiger partial charge >= 0.3 is 5.69 Å². The molecular formula is C12H14FN3O3. The normalized spacial score (nSPS) is 10.7. The summed E-state index contributed by atoms with van der Waals surface area (Å²) in [4.78, 5) is 11.1. The van der Waals surface area contributed by atoms with Gasteiger partial charge in [0.05, 0.1) is 0 Å². The summed E-state index contributed by atoms with van der Waals surface area (Å²) in [6.07, 6.45) is 0.480. The van der Waals surface area contributed by atoms with Gasteiger partial charge in [0.25, 0.3) is 0 Å². The number of aromatic nitrogens is 3. The molecule has 102 valence electrons. The number of phenolic OH excluding ortho intramolecular Hbond substituents is 1. The van der Waals surface area contributed by atoms with Crippen molar-refractivity contribution in [1.82, 2.24) is 14.8 Å². The maximum atomic E-state index is 13.7. The fraction of sp³-hybridized carbons (Fsp3) is 0.333. The summed E-state index contributed by atoms with van der Waals surface area (Å²) < 4.78 is 20.2. The molecule has 2 aromatic rings. The first-order chi connectivity index (χ1) is 9.04. The Hall–Kier alpha value is -2.31. The second-order valence-electron chi connectivity index (χ2n) is 4.03. The molecule has 0 amide bonds. The highest BCUT2D eigenvalue weighted by atomic mass is 19.1. The molecule has 0 saturated carbocycles. The molecule has 19 heavy (non-hydrogen) atoms. The van der Waals surface area contributed by atoms with E-state index in [1.54, 1.807) is 13.0 Å². The Morgan fingerprint density at radius 3 is 2.84 bits per heavy atom. The average molecular weight is 267 g/mol. The molecule has 0 bridgehead atoms. The Labute approximate surface area is 108 Å². The summed E-state index contributed by atoms with van der Waals surface area (Å²) in [5.41, 5.74) is 0.0485. The molecule has 0 spiro atoms. The lowest BCUT2D eigenvalue weighted by molar-refractivity contribution is 0.271. The minimum atomic E-state index is -0.684. The van der Waals surface area contributed by atoms with Crippen LogP contribution in [0.25, 0.3) is 0 Å². The monoisotopic (exact) mass is 267 g/mol. The lowest BCUT2D eigenvalue weighted by atomic mass is 10.1. The smallest absolute Gasteiger partial charge is 0.343 e. The third-order valence-corrected chi connectivity index (χ3v) is 2.87. The highest BCUT2D eigenvalue weighted by Gasteiger charge is 2.13. The molecule has 1 aromatic heterocycles. The fourth-order valence-corrected chi connectivity index (χ4v) is 1.63. The Morgan fingerprint density at radius 1 is 1.53 bits per heavy atom. The van der Waals surface area contributed by atoms with Crippen LogP contribution in [0.2, 0.25) is 0 Å². The Balaban J connectivity index is 2.18. The number of aromatic hydroxyl groups is 1. The molecule has 0 fully saturated rings. The molecule has 0 aliphatic carbocycles. The van der Waals surface area contributed by atoms with Gasteiger partial charge in [-0.25, -0.2) is 14.3 Å². The van der Waals surface area contributed by atoms with Crippen LogP contribution in [0.1, 0.15) is 18.3 Å². The van der Waals surface area contributed by atoms with Crippen LogP contribution < -0.4 is 10.4 Å². The summed E-state index contributed by atoms with van der Waals surface area (Å²) in [6.45, 7) is 1.74. The number of nitrogens with zero attached hydrogens (tertiary/aromatic N) is 2. The summed E-state index contributed by atoms with van der Waals surface area (Å²) in [5, 5.41) is 15.7. The van der Waals surface area contributed by atoms with Gasteiger partial charge in [-0.2, -0.15) is 5.10 Å². The van der Waals surface area contributed by atoms with Crippen molar-refractivity contribution in [3.05, 3.63) is 39.8 Å². The topological polar surface area (TPSA) is 80.1 Å². The lowest BCUT2D eigenvalue weighted by Gasteiger charge is -2.09. The van der Waals surface area contributed by atoms with E-state index in [0.717, 1.165) is 0 Å². The maximum Gasteiger partial charge on any atom is 0.343 e. The van der Waals surface area contributed by atoms with Crippen molar-refractivity contribution in [2.75, 3.05) is 0 Å². The van der Waals surface area contributed by atoms with E-state index in [2.05, 4.69) is 10.2 Å². The van der Waals surface area contributed by atoms with Crippen LogP contribution in [-0.2, 0) is 20.1 Å². The van der Waals surface area contributed by atoms with Crippen LogP contribution in [0.3, 0.4) is 0 Å². The van der Waals surface area contributed by atoms with E-state index in [1.165, 1.54) is 17.7 Å². The third-order valence-electron chi connectivity index (χ3n) is 2.87. The zero-order valence-corrected chi connectivity index (χ0v) is 10.6. The Bertz CT molecular complexity index is 648. The number of aromatic amines is 1. The van der Waals surface area contributed by atoms with Gasteiger partial charge in [0.2, 0.25) is 0 Å². The van der Waals surface area contributed by atoms with Gasteiger partial charge in [-0.05, 0) is 18.1 Å². The van der Waals surface area contributed by atoms with Crippen LogP contribution in [0.4, 0.5) is 4.39 Å². The summed E-state index contributed by atoms with van der Waals surface area (Å²) >= 11 is 0. The van der Waals surface area contributed by atoms with Crippen molar-refractivity contribution in [3.8, 4) is 11.5 Å². The first-order valence-corrected chi connectivity index (χ1v) is 5.78. The minimum Gasteiger partial charge on any atom is -0.502 e. The molecule has 0 aliphatic rings. The molecule has 0 aliphatic heterocycles. The quantitative estimate of drug-likeness (QED) is 0.869. The number of ether oxygens (including phenoxy) is 1. The zero-order valence-electron chi connectivity index (χ0n) is 10.6. The summed E-state index contributed by atoms with van der Waals surface area (Å²) in [7, 11) is 1.53. The van der Waals surface area contributed by atoms with Crippen LogP contribution in [0, 0.1) is 5.82 Å². The molecule has 6 nitrogen and oxygen atoms in total. The van der Waals surface area contributed by atoms with Crippen molar-refractivity contribution in [2.45, 2.75) is 20.0 Å². The molecule has 1 heterocycles. The highest BCUT2D eigenvalue weighted by molar-refractivity contribution is 5.43. The lowest BCUT2D eigenvalue weighted by Crippen LogP contribution is -2.15. The van der Waals surface area contributed by atoms with Gasteiger partial charge in [0.15, 0.2) is 23.1 Å². The van der Waals surface area contributed by atoms with Crippen LogP contribution >= 0.6 is 0 Å². The molecular weight excluding hydrogens is 253 g/mol. The standard InChI is InChI=1S/C12H14FN3O3/c1-3-7-4-5-8(11(17)10(7)13)19-6-9-14-15-12(18)16(9)2/h4-5,17H,3,6H2,1-2H3,(H,15,18). The molecule has 0 atom stereocenters. The number of aryl methyl sites for hydroxylation is 1. The van der Waals surface area contributed by atoms with E-state index in [4.69, 9.17) is 4.74 Å². The van der Waals surface area contributed by atoms with Crippen molar-refractivity contribution >= 4 is 0 Å². The van der Waals surface area contributed by atoms with Gasteiger partial charge in [0.1, 0.15) is 6.61 Å². The highest BCUT2D eigenvalue weighted by Crippen LogP contribution is 2.31. The predicted octanol–water partition coefficient (Wildman–Crippen LogP) is 1.09. The van der Waals surface area contributed by atoms with E-state index < -0.39 is 11.6 Å². The number of benzene rings is 1. The number of nitrogens with one attached hydrogen (secondary N) is 1. The van der Waals surface area contributed by atoms with E-state index >= 15 is 0 Å². The van der Waals surface area contributed by atoms with Crippen LogP contribution in [-0.4, -0.2) is 19.9 Å². The molecule has 2 N–H and O–H groups in total. The first-order valence-electron chi connectivity index (χ1n) is 5.78. The number of rotatable bonds is 4. The second kappa shape index (κ2) is 5.13. The van der Waals surface area contributed by atoms with E-state index in [0.29, 0.717) is 17.8 Å². The first kappa shape index (κ1) is 13.1. The zero-order chi connectivity index (χ0) is 14.0. The Kier molecular flexibility index (Phi) is 3.55. The van der Waals surface area contributed by atoms with Crippen molar-refractivity contribution in [2.24, 2.45) is 7.05 Å². The molecule has 1 aromatic carbocycles. The van der Waals surface area contributed by atoms with Crippen molar-refractivity contribution in [1.29, 1.82) is 0 Å². The molecule has 2 rings (SSSR count). The van der Waals surface area contributed by atoms with Crippen LogP contribution in [0.5, 0.6) is 11.5 Å². The van der Waals surface area contributed by atoms with Gasteiger partial charge in [-0.1, -0.05) is 13.0 Å². The van der Waals surface area contributed by atoms with Gasteiger partial charge in [0, 0.05) is 7.05 Å². The summed E-state index contributed by atoms with van der Waals surface area (Å²) in [6, 6.07) is 3.04. The molecule has 0 radical (unpaired) electrons. The SMILES string of the molecule is CCc1ccc(OCc2n[nH]c(=O)n2C)c(O)c1F. The van der Waals surface area contributed by atoms with Crippen molar-refractivity contribution < 1.29 is 14.2 Å². The fourth-order valence-electron chi connectivity index (χ4n) is 1.63. The number of hydrogen-bond donors (Lipinski definition) is 2. The third kappa shape index (κ3) is 2.44.